The Kier molecular flexibility index (Phi) is 22.1. The molecule has 22 aromatic rings. The zero-order chi connectivity index (χ0) is 96.6. The van der Waals surface area contributed by atoms with Gasteiger partial charge < -0.3 is 37.9 Å². The van der Waals surface area contributed by atoms with E-state index in [0.717, 1.165) is 206 Å². The van der Waals surface area contributed by atoms with E-state index in [1.807, 2.05) is 212 Å². The van der Waals surface area contributed by atoms with Gasteiger partial charge >= 0.3 is 0 Å². The first-order valence-electron chi connectivity index (χ1n) is 47.5. The second-order valence-electron chi connectivity index (χ2n) is 36.2. The van der Waals surface area contributed by atoms with Gasteiger partial charge in [0.05, 0.1) is 53.9 Å². The Balaban J connectivity index is 0.0000000947. The minimum Gasteiger partial charge on any atom is -0.489 e. The molecule has 2 saturated heterocycles. The molecule has 15 aromatic carbocycles. The number of H-pyrrole nitrogens is 5. The van der Waals surface area contributed by atoms with E-state index in [4.69, 9.17) is 28.4 Å². The first-order valence-corrected chi connectivity index (χ1v) is 47.5. The van der Waals surface area contributed by atoms with Crippen molar-refractivity contribution < 1.29 is 28.4 Å². The summed E-state index contributed by atoms with van der Waals surface area (Å²) in [6.45, 7) is 13.5. The third-order valence-corrected chi connectivity index (χ3v) is 27.1. The average Bonchev–Trinajstić information content (AvgIpc) is 0.890. The molecule has 0 bridgehead atoms. The van der Waals surface area contributed by atoms with Crippen molar-refractivity contribution >= 4 is 81.4 Å². The molecule has 14 heterocycles. The van der Waals surface area contributed by atoms with Crippen molar-refractivity contribution in [3.63, 3.8) is 0 Å². The predicted octanol–water partition coefficient (Wildman–Crippen LogP) is 20.7. The molecule has 0 saturated carbocycles. The maximum absolute atomic E-state index is 12.2. The van der Waals surface area contributed by atoms with Gasteiger partial charge in [-0.15, -0.1) is 15.0 Å². The molecular weight excluding hydrogens is 1810 g/mol. The maximum atomic E-state index is 12.2. The van der Waals surface area contributed by atoms with Gasteiger partial charge in [-0.3, -0.25) is 38.7 Å². The van der Waals surface area contributed by atoms with E-state index in [2.05, 4.69) is 184 Å². The van der Waals surface area contributed by atoms with Crippen LogP contribution >= 0.6 is 0 Å². The van der Waals surface area contributed by atoms with E-state index in [1.165, 1.54) is 22.4 Å². The van der Waals surface area contributed by atoms with Gasteiger partial charge in [0, 0.05) is 124 Å². The van der Waals surface area contributed by atoms with Crippen LogP contribution < -0.4 is 61.1 Å². The first-order chi connectivity index (χ1) is 70.8. The lowest BCUT2D eigenvalue weighted by atomic mass is 9.98. The molecule has 5 N–H and O–H groups in total. The fourth-order valence-electron chi connectivity index (χ4n) is 20.1. The van der Waals surface area contributed by atoms with Crippen LogP contribution in [0.1, 0.15) is 27.8 Å². The lowest BCUT2D eigenvalue weighted by Gasteiger charge is -2.36. The summed E-state index contributed by atoms with van der Waals surface area (Å²) in [6.07, 6.45) is 4.01. The highest BCUT2D eigenvalue weighted by molar-refractivity contribution is 6.07. The molecule has 7 aliphatic heterocycles. The molecule has 0 amide bonds. The quantitative estimate of drug-likeness (QED) is 0.0758. The number of nitrogens with one attached hydrogen (secondary N) is 5. The number of nitrogens with zero attached hydrogens (tertiary/aromatic N) is 13. The van der Waals surface area contributed by atoms with Crippen LogP contribution in [0, 0.1) is 6.92 Å². The first kappa shape index (κ1) is 87.0. The summed E-state index contributed by atoms with van der Waals surface area (Å²) in [5.74, 6) is 7.72. The molecule has 7 aromatic heterocycles. The highest BCUT2D eigenvalue weighted by Crippen LogP contribution is 2.52. The lowest BCUT2D eigenvalue weighted by Crippen LogP contribution is -2.45. The molecule has 0 spiro atoms. The number of hydrogen-bond donors (Lipinski definition) is 5. The topological polar surface area (TPSA) is 333 Å². The fraction of sp³-hybridized carbons (Fsp3) is 0.113. The Labute approximate surface area is 819 Å². The number of aromatic amines is 5. The van der Waals surface area contributed by atoms with Crippen molar-refractivity contribution in [2.75, 3.05) is 57.3 Å². The number of rotatable bonds is 12. The summed E-state index contributed by atoms with van der Waals surface area (Å²) in [5, 5.41) is 52.9. The van der Waals surface area contributed by atoms with E-state index in [9.17, 15) is 24.0 Å². The normalized spacial score (nSPS) is 13.7. The smallest absolute Gasteiger partial charge is 0.272 e. The molecule has 0 unspecified atom stereocenters. The maximum Gasteiger partial charge on any atom is 0.272 e. The summed E-state index contributed by atoms with van der Waals surface area (Å²) in [7, 11) is 0. The number of benzene rings is 15. The highest BCUT2D eigenvalue weighted by atomic mass is 16.5. The Morgan fingerprint density at radius 2 is 0.674 bits per heavy atom. The van der Waals surface area contributed by atoms with Crippen LogP contribution in [0.15, 0.2) is 352 Å². The van der Waals surface area contributed by atoms with Crippen LogP contribution in [-0.4, -0.2) is 138 Å². The van der Waals surface area contributed by atoms with Crippen molar-refractivity contribution in [2.24, 2.45) is 0 Å². The van der Waals surface area contributed by atoms with Gasteiger partial charge in [0.25, 0.3) is 27.8 Å². The Morgan fingerprint density at radius 3 is 1.13 bits per heavy atom. The van der Waals surface area contributed by atoms with Gasteiger partial charge in [-0.25, -0.2) is 25.5 Å². The third kappa shape index (κ3) is 16.4. The molecule has 29 nitrogen and oxygen atoms in total. The van der Waals surface area contributed by atoms with Gasteiger partial charge in [-0.05, 0) is 228 Å². The standard InChI is InChI=1S/C26H24N4O2.C25H22N4O2.C25H17N3O3.C21H13N5O2.C18H10N2O2/c31-26-20-7-4-8-23-24(20)25(27-28-26)21-15-19(9-10-22(21)32-23)17-30-13-11-29(12-14-30)16-18-5-2-1-3-6-18;30-25-19-7-4-8-22-23(19)24(26-27-25)20-15-17(9-10-21(20)31-22)16-28-11-13-29(14-12-28)18-5-2-1-3-6-18;29-25-19-4-3-5-22-23(19)24(26-27-25)20-14-16(6-11-21(20)31-22)15-30-18-9-7-17(8-10-18)28-12-1-2-13-28;1-11-9-13-19-18-12(21(27)23-22-19)5-4-8-17(18)28-20(13)16(10-11)26-24-14-6-2-3-7-15(14)25-26;21-18-12-6-3-7-14-16(12)17(19-20-18)13-8-10-4-1-2-5-11(10)9-15(13)22-14/h1-10,15H,11-14,16-17H2,(H,28,31);1-10,15H,11-14,16H2,(H,27,30);1-14H,15H2,(H,27,29);2-10H,1H3,(H,23,27);1-9H,(H,20,21). The molecule has 0 aliphatic carbocycles. The van der Waals surface area contributed by atoms with Crippen molar-refractivity contribution in [3.05, 3.63) is 407 Å². The highest BCUT2D eigenvalue weighted by Gasteiger charge is 2.33. The summed E-state index contributed by atoms with van der Waals surface area (Å²) in [5.41, 5.74) is 17.6. The van der Waals surface area contributed by atoms with Crippen LogP contribution in [0.2, 0.25) is 0 Å². The number of hydrogen-bond acceptors (Lipinski definition) is 22. The number of fused-ring (bicyclic) bond motifs is 12. The van der Waals surface area contributed by atoms with E-state index in [0.29, 0.717) is 90.6 Å². The Hall–Kier alpha value is -18.6. The molecule has 7 aliphatic rings. The number of para-hydroxylation sites is 1. The molecule has 0 atom stereocenters. The molecular formula is C115H86N18O11. The zero-order valence-electron chi connectivity index (χ0n) is 77.5. The lowest BCUT2D eigenvalue weighted by molar-refractivity contribution is 0.122. The van der Waals surface area contributed by atoms with Crippen LogP contribution in [0.4, 0.5) is 5.69 Å². The minimum absolute atomic E-state index is 0.192. The largest absolute Gasteiger partial charge is 0.489 e. The van der Waals surface area contributed by atoms with Crippen LogP contribution in [0.5, 0.6) is 63.2 Å². The summed E-state index contributed by atoms with van der Waals surface area (Å²) in [6, 6.07) is 103. The van der Waals surface area contributed by atoms with Crippen molar-refractivity contribution in [1.82, 2.24) is 85.2 Å². The molecule has 0 radical (unpaired) electrons. The minimum atomic E-state index is -0.236. The van der Waals surface area contributed by atoms with Gasteiger partial charge in [0.15, 0.2) is 5.75 Å². The molecule has 29 heteroatoms. The predicted molar refractivity (Wildman–Crippen MR) is 555 cm³/mol. The zero-order valence-corrected chi connectivity index (χ0v) is 77.5. The third-order valence-electron chi connectivity index (χ3n) is 27.1. The number of aromatic nitrogens is 14. The molecule has 2 fully saturated rings. The second-order valence-corrected chi connectivity index (χ2v) is 36.2. The average molecular weight is 1900 g/mol. The van der Waals surface area contributed by atoms with E-state index >= 15 is 0 Å². The SMILES string of the molecule is Cc1cc2c(c(-n3nc4ccccc4n3)c1)Oc1cccc3c(=O)[nH]nc-2c13.O=c1[nH]nc2c3c(cccc13)Oc1cc3ccccc3cc1-2.O=c1[nH]nc2c3c(cccc13)Oc1ccc(CN3CCN(Cc4ccccc4)CC3)cc1-2.O=c1[nH]nc2c3c(cccc13)Oc1ccc(CN3CCN(c4ccccc4)CC3)cc1-2.O=c1[nH]nc2c3c(cccc13)Oc1ccc(COc3ccc(-n4cccc4)cc3)cc1-2. The van der Waals surface area contributed by atoms with Crippen molar-refractivity contribution in [2.45, 2.75) is 33.2 Å². The van der Waals surface area contributed by atoms with Crippen LogP contribution in [0.3, 0.4) is 0 Å². The summed E-state index contributed by atoms with van der Waals surface area (Å²) < 4.78 is 38.5. The van der Waals surface area contributed by atoms with Gasteiger partial charge in [-0.2, -0.15) is 25.5 Å². The number of anilines is 1. The number of piperazine rings is 2. The van der Waals surface area contributed by atoms with Crippen molar-refractivity contribution in [1.29, 1.82) is 0 Å². The van der Waals surface area contributed by atoms with Crippen molar-refractivity contribution in [3.8, 4) is 131 Å². The molecule has 702 valence electrons. The van der Waals surface area contributed by atoms with Gasteiger partial charge in [-0.1, -0.05) is 133 Å². The summed E-state index contributed by atoms with van der Waals surface area (Å²) >= 11 is 0. The summed E-state index contributed by atoms with van der Waals surface area (Å²) in [4.78, 5) is 72.3. The second kappa shape index (κ2) is 36.6. The Bertz CT molecular complexity index is 9160. The van der Waals surface area contributed by atoms with E-state index in [-0.39, 0.29) is 27.8 Å². The van der Waals surface area contributed by atoms with E-state index in [1.54, 1.807) is 29.1 Å². The fourth-order valence-corrected chi connectivity index (χ4v) is 20.1. The van der Waals surface area contributed by atoms with Crippen LogP contribution in [-0.2, 0) is 26.2 Å². The van der Waals surface area contributed by atoms with E-state index < -0.39 is 0 Å². The van der Waals surface area contributed by atoms with Gasteiger partial charge in [0.1, 0.15) is 109 Å². The molecule has 29 rings (SSSR count). The molecule has 144 heavy (non-hydrogen) atoms. The number of aryl methyl sites for hydroxylation is 1. The number of ether oxygens (including phenoxy) is 6. The van der Waals surface area contributed by atoms with Crippen LogP contribution in [0.25, 0.3) is 143 Å². The van der Waals surface area contributed by atoms with Gasteiger partial charge in [0.2, 0.25) is 0 Å². The monoisotopic (exact) mass is 1890 g/mol. The Morgan fingerprint density at radius 1 is 0.299 bits per heavy atom.